The Morgan fingerprint density at radius 3 is 2.49 bits per heavy atom. The van der Waals surface area contributed by atoms with Crippen LogP contribution in [0.5, 0.6) is 0 Å². The quantitative estimate of drug-likeness (QED) is 0.257. The second kappa shape index (κ2) is 9.58. The van der Waals surface area contributed by atoms with Crippen LogP contribution in [0.1, 0.15) is 45.2 Å². The van der Waals surface area contributed by atoms with Gasteiger partial charge in [0.25, 0.3) is 11.8 Å². The first-order valence-corrected chi connectivity index (χ1v) is 12.7. The van der Waals surface area contributed by atoms with Gasteiger partial charge in [0.15, 0.2) is 5.11 Å². The van der Waals surface area contributed by atoms with Crippen molar-refractivity contribution in [3.63, 3.8) is 0 Å². The van der Waals surface area contributed by atoms with Crippen molar-refractivity contribution >= 4 is 87.0 Å². The Balaban J connectivity index is 1.81. The topological polar surface area (TPSA) is 52.7 Å². The second-order valence-electron chi connectivity index (χ2n) is 9.05. The molecule has 2 aliphatic heterocycles. The van der Waals surface area contributed by atoms with Crippen molar-refractivity contribution in [3.05, 3.63) is 68.2 Å². The Morgan fingerprint density at radius 2 is 1.80 bits per heavy atom. The molecular weight excluding hydrogens is 525 g/mol. The van der Waals surface area contributed by atoms with Crippen molar-refractivity contribution in [2.75, 3.05) is 16.3 Å². The van der Waals surface area contributed by atoms with E-state index in [1.54, 1.807) is 18.2 Å². The minimum atomic E-state index is -0.613. The zero-order chi connectivity index (χ0) is 25.7. The maximum absolute atomic E-state index is 13.4. The van der Waals surface area contributed by atoms with E-state index < -0.39 is 11.8 Å². The number of amides is 2. The summed E-state index contributed by atoms with van der Waals surface area (Å²) in [6.45, 7) is 9.39. The molecule has 0 saturated carbocycles. The second-order valence-corrected chi connectivity index (χ2v) is 10.6. The Bertz CT molecular complexity index is 1330. The number of carbonyl (C=O) groups is 2. The van der Waals surface area contributed by atoms with Crippen LogP contribution >= 0.6 is 47.0 Å². The molecule has 0 spiro atoms. The number of halogens is 3. The third-order valence-electron chi connectivity index (χ3n) is 6.12. The number of anilines is 2. The summed E-state index contributed by atoms with van der Waals surface area (Å²) in [6, 6.07) is 8.68. The van der Waals surface area contributed by atoms with Gasteiger partial charge in [-0.3, -0.25) is 19.8 Å². The van der Waals surface area contributed by atoms with Crippen molar-refractivity contribution < 1.29 is 9.59 Å². The van der Waals surface area contributed by atoms with E-state index in [4.69, 9.17) is 47.0 Å². The summed E-state index contributed by atoms with van der Waals surface area (Å²) in [5.74, 6) is -1.22. The molecular formula is C26H24Cl3N3O2S. The number of hydrogen-bond donors (Lipinski definition) is 1. The molecule has 35 heavy (non-hydrogen) atoms. The third kappa shape index (κ3) is 4.60. The van der Waals surface area contributed by atoms with Crippen molar-refractivity contribution in [1.29, 1.82) is 0 Å². The van der Waals surface area contributed by atoms with E-state index in [0.29, 0.717) is 10.6 Å². The van der Waals surface area contributed by atoms with Crippen LogP contribution in [0, 0.1) is 0 Å². The van der Waals surface area contributed by atoms with Gasteiger partial charge in [0.05, 0.1) is 21.3 Å². The van der Waals surface area contributed by atoms with Crippen LogP contribution in [-0.2, 0) is 9.59 Å². The predicted octanol–water partition coefficient (Wildman–Crippen LogP) is 6.89. The van der Waals surface area contributed by atoms with Crippen LogP contribution in [0.2, 0.25) is 15.1 Å². The first-order chi connectivity index (χ1) is 16.5. The first kappa shape index (κ1) is 25.7. The molecule has 1 saturated heterocycles. The van der Waals surface area contributed by atoms with Crippen molar-refractivity contribution in [1.82, 2.24) is 5.32 Å². The SMILES string of the molecule is CCCN1c2cc(Cl)c(/C=C3/C(=O)NC(=S)N(c4cccc(Cl)c4Cl)C3=O)cc2C(C)=CC1(C)C. The fraction of sp³-hybridized carbons (Fsp3) is 0.269. The lowest BCUT2D eigenvalue weighted by Gasteiger charge is -2.43. The van der Waals surface area contributed by atoms with Crippen LogP contribution in [0.3, 0.4) is 0 Å². The average molecular weight is 549 g/mol. The number of nitrogens with one attached hydrogen (secondary N) is 1. The molecule has 1 N–H and O–H groups in total. The number of benzene rings is 2. The van der Waals surface area contributed by atoms with Gasteiger partial charge in [-0.1, -0.05) is 53.9 Å². The Labute approximate surface area is 225 Å². The summed E-state index contributed by atoms with van der Waals surface area (Å²) in [6.07, 6.45) is 4.69. The standard InChI is InChI=1S/C26H24Cl3N3O2S/c1-5-9-31-21-12-19(28)15(10-16(21)14(2)13-26(31,3)4)11-17-23(33)30-25(35)32(24(17)34)20-8-6-7-18(27)22(20)29/h6-8,10-13H,5,9H2,1-4H3,(H,30,33,35)/b17-11-. The van der Waals surface area contributed by atoms with Gasteiger partial charge in [-0.25, -0.2) is 0 Å². The minimum Gasteiger partial charge on any atom is -0.362 e. The van der Waals surface area contributed by atoms with Gasteiger partial charge >= 0.3 is 0 Å². The first-order valence-electron chi connectivity index (χ1n) is 11.1. The van der Waals surface area contributed by atoms with E-state index in [0.717, 1.165) is 29.8 Å². The largest absolute Gasteiger partial charge is 0.362 e. The summed E-state index contributed by atoms with van der Waals surface area (Å²) in [5.41, 5.74) is 3.69. The molecule has 0 radical (unpaired) electrons. The lowest BCUT2D eigenvalue weighted by molar-refractivity contribution is -0.122. The molecule has 5 nitrogen and oxygen atoms in total. The van der Waals surface area contributed by atoms with Gasteiger partial charge < -0.3 is 4.90 Å². The van der Waals surface area contributed by atoms with Crippen molar-refractivity contribution in [2.45, 2.75) is 39.7 Å². The van der Waals surface area contributed by atoms with Crippen LogP contribution in [0.15, 0.2) is 42.0 Å². The molecule has 2 aliphatic rings. The third-order valence-corrected chi connectivity index (χ3v) is 7.54. The Hall–Kier alpha value is -2.38. The fourth-order valence-corrected chi connectivity index (χ4v) is 5.42. The molecule has 0 bridgehead atoms. The maximum atomic E-state index is 13.4. The van der Waals surface area contributed by atoms with Crippen LogP contribution in [0.25, 0.3) is 11.6 Å². The van der Waals surface area contributed by atoms with Gasteiger partial charge in [0.1, 0.15) is 5.57 Å². The van der Waals surface area contributed by atoms with Gasteiger partial charge in [0.2, 0.25) is 0 Å². The highest BCUT2D eigenvalue weighted by molar-refractivity contribution is 7.80. The van der Waals surface area contributed by atoms with Crippen LogP contribution in [0.4, 0.5) is 11.4 Å². The lowest BCUT2D eigenvalue weighted by Crippen LogP contribution is -2.54. The summed E-state index contributed by atoms with van der Waals surface area (Å²) >= 11 is 24.4. The van der Waals surface area contributed by atoms with Crippen LogP contribution in [-0.4, -0.2) is 29.0 Å². The van der Waals surface area contributed by atoms with Crippen molar-refractivity contribution in [2.24, 2.45) is 0 Å². The molecule has 0 unspecified atom stereocenters. The zero-order valence-electron chi connectivity index (χ0n) is 19.7. The molecule has 182 valence electrons. The van der Waals surface area contributed by atoms with E-state index >= 15 is 0 Å². The highest BCUT2D eigenvalue weighted by Gasteiger charge is 2.36. The highest BCUT2D eigenvalue weighted by Crippen LogP contribution is 2.42. The van der Waals surface area contributed by atoms with Gasteiger partial charge in [-0.15, -0.1) is 0 Å². The molecule has 2 aromatic carbocycles. The highest BCUT2D eigenvalue weighted by atomic mass is 35.5. The number of hydrogen-bond acceptors (Lipinski definition) is 4. The van der Waals surface area contributed by atoms with E-state index in [2.05, 4.69) is 44.0 Å². The monoisotopic (exact) mass is 547 g/mol. The number of rotatable bonds is 4. The molecule has 2 aromatic rings. The molecule has 0 aliphatic carbocycles. The summed E-state index contributed by atoms with van der Waals surface area (Å²) in [5, 5.41) is 3.35. The van der Waals surface area contributed by atoms with Crippen LogP contribution < -0.4 is 15.1 Å². The average Bonchev–Trinajstić information content (AvgIpc) is 2.77. The molecule has 0 atom stereocenters. The lowest BCUT2D eigenvalue weighted by atomic mass is 9.87. The zero-order valence-corrected chi connectivity index (χ0v) is 22.8. The Kier molecular flexibility index (Phi) is 7.04. The van der Waals surface area contributed by atoms with E-state index in [-0.39, 0.29) is 32.0 Å². The number of carbonyl (C=O) groups excluding carboxylic acids is 2. The maximum Gasteiger partial charge on any atom is 0.270 e. The molecule has 1 fully saturated rings. The molecule has 2 amide bonds. The molecule has 2 heterocycles. The van der Waals surface area contributed by atoms with E-state index in [1.807, 2.05) is 12.1 Å². The summed E-state index contributed by atoms with van der Waals surface area (Å²) in [7, 11) is 0. The molecule has 4 rings (SSSR count). The van der Waals surface area contributed by atoms with E-state index in [9.17, 15) is 9.59 Å². The number of fused-ring (bicyclic) bond motifs is 1. The smallest absolute Gasteiger partial charge is 0.270 e. The molecule has 9 heteroatoms. The Morgan fingerprint density at radius 1 is 1.09 bits per heavy atom. The number of thiocarbonyl (C=S) groups is 1. The number of allylic oxidation sites excluding steroid dienone is 1. The molecule has 0 aromatic heterocycles. The van der Waals surface area contributed by atoms with Gasteiger partial charge in [0, 0.05) is 22.8 Å². The summed E-state index contributed by atoms with van der Waals surface area (Å²) in [4.78, 5) is 29.7. The predicted molar refractivity (Wildman–Crippen MR) is 149 cm³/mol. The minimum absolute atomic E-state index is 0.0749. The van der Waals surface area contributed by atoms with Crippen molar-refractivity contribution in [3.8, 4) is 0 Å². The van der Waals surface area contributed by atoms with Gasteiger partial charge in [-0.05, 0) is 80.9 Å². The summed E-state index contributed by atoms with van der Waals surface area (Å²) < 4.78 is 0. The van der Waals surface area contributed by atoms with Gasteiger partial charge in [-0.2, -0.15) is 0 Å². The fourth-order valence-electron chi connectivity index (χ4n) is 4.55. The number of nitrogens with zero attached hydrogens (tertiary/aromatic N) is 2. The van der Waals surface area contributed by atoms with E-state index in [1.165, 1.54) is 11.0 Å². The normalized spacial score (nSPS) is 18.5.